The number of halogens is 1. The summed E-state index contributed by atoms with van der Waals surface area (Å²) in [5.41, 5.74) is 0.0888. The van der Waals surface area contributed by atoms with Gasteiger partial charge < -0.3 is 9.84 Å². The molecule has 1 N–H and O–H groups in total. The fourth-order valence-corrected chi connectivity index (χ4v) is 2.03. The van der Waals surface area contributed by atoms with E-state index in [2.05, 4.69) is 4.98 Å². The molecule has 16 heavy (non-hydrogen) atoms. The van der Waals surface area contributed by atoms with Crippen LogP contribution in [0.1, 0.15) is 16.8 Å². The predicted octanol–water partition coefficient (Wildman–Crippen LogP) is 2.56. The average molecular weight is 262 g/mol. The molecule has 1 aromatic rings. The summed E-state index contributed by atoms with van der Waals surface area (Å²) in [4.78, 5) is 14.9. The highest BCUT2D eigenvalue weighted by Crippen LogP contribution is 2.22. The first-order valence-corrected chi connectivity index (χ1v) is 6.02. The minimum Gasteiger partial charge on any atom is -0.478 e. The Hall–Kier alpha value is -0.780. The molecule has 1 rings (SSSR count). The summed E-state index contributed by atoms with van der Waals surface area (Å²) >= 11 is 7.19. The van der Waals surface area contributed by atoms with E-state index in [1.54, 1.807) is 7.11 Å². The van der Waals surface area contributed by atoms with Crippen LogP contribution in [0.4, 0.5) is 0 Å². The Morgan fingerprint density at radius 2 is 2.44 bits per heavy atom. The van der Waals surface area contributed by atoms with E-state index in [9.17, 15) is 4.79 Å². The third-order valence-electron chi connectivity index (χ3n) is 1.80. The SMILES string of the molecule is COCCCSc1cc(C(=O)O)c(Cl)cn1. The van der Waals surface area contributed by atoms with Crippen molar-refractivity contribution in [2.24, 2.45) is 0 Å². The Kier molecular flexibility index (Phi) is 5.59. The minimum atomic E-state index is -1.04. The maximum atomic E-state index is 10.8. The van der Waals surface area contributed by atoms with Crippen molar-refractivity contribution in [1.82, 2.24) is 4.98 Å². The standard InChI is InChI=1S/C10H12ClNO3S/c1-15-3-2-4-16-9-5-7(10(13)14)8(11)6-12-9/h5-6H,2-4H2,1H3,(H,13,14). The number of methoxy groups -OCH3 is 1. The first-order valence-electron chi connectivity index (χ1n) is 4.65. The van der Waals surface area contributed by atoms with Gasteiger partial charge in [0.05, 0.1) is 15.6 Å². The van der Waals surface area contributed by atoms with Crippen molar-refractivity contribution in [2.75, 3.05) is 19.5 Å². The van der Waals surface area contributed by atoms with Gasteiger partial charge in [-0.05, 0) is 12.5 Å². The Morgan fingerprint density at radius 1 is 1.69 bits per heavy atom. The second-order valence-corrected chi connectivity index (χ2v) is 4.52. The molecule has 0 bridgehead atoms. The summed E-state index contributed by atoms with van der Waals surface area (Å²) < 4.78 is 4.91. The lowest BCUT2D eigenvalue weighted by atomic mass is 10.3. The Labute approximate surface area is 103 Å². The molecule has 0 aromatic carbocycles. The highest BCUT2D eigenvalue weighted by molar-refractivity contribution is 7.99. The number of carboxylic acids is 1. The summed E-state index contributed by atoms with van der Waals surface area (Å²) in [7, 11) is 1.65. The molecule has 6 heteroatoms. The van der Waals surface area contributed by atoms with Gasteiger partial charge in [0.2, 0.25) is 0 Å². The van der Waals surface area contributed by atoms with E-state index in [1.807, 2.05) is 0 Å². The third-order valence-corrected chi connectivity index (χ3v) is 3.12. The fourth-order valence-electron chi connectivity index (χ4n) is 1.04. The number of aromatic nitrogens is 1. The summed E-state index contributed by atoms with van der Waals surface area (Å²) in [5.74, 6) is -0.201. The summed E-state index contributed by atoms with van der Waals surface area (Å²) in [5, 5.41) is 9.68. The van der Waals surface area contributed by atoms with Crippen LogP contribution in [0.2, 0.25) is 5.02 Å². The summed E-state index contributed by atoms with van der Waals surface area (Å²) in [6.45, 7) is 0.687. The number of carbonyl (C=O) groups is 1. The van der Waals surface area contributed by atoms with Gasteiger partial charge >= 0.3 is 5.97 Å². The van der Waals surface area contributed by atoms with E-state index in [0.29, 0.717) is 11.6 Å². The van der Waals surface area contributed by atoms with Crippen LogP contribution in [0, 0.1) is 0 Å². The van der Waals surface area contributed by atoms with Crippen LogP contribution in [0.15, 0.2) is 17.3 Å². The Balaban J connectivity index is 2.61. The van der Waals surface area contributed by atoms with E-state index in [0.717, 1.165) is 12.2 Å². The fraction of sp³-hybridized carbons (Fsp3) is 0.400. The van der Waals surface area contributed by atoms with Crippen molar-refractivity contribution in [3.63, 3.8) is 0 Å². The van der Waals surface area contributed by atoms with Gasteiger partial charge in [-0.2, -0.15) is 0 Å². The zero-order valence-electron chi connectivity index (χ0n) is 8.77. The molecule has 0 unspecified atom stereocenters. The summed E-state index contributed by atoms with van der Waals surface area (Å²) in [6.07, 6.45) is 2.26. The van der Waals surface area contributed by atoms with E-state index in [-0.39, 0.29) is 10.6 Å². The number of hydrogen-bond acceptors (Lipinski definition) is 4. The van der Waals surface area contributed by atoms with Crippen LogP contribution in [-0.4, -0.2) is 35.5 Å². The number of nitrogens with zero attached hydrogens (tertiary/aromatic N) is 1. The molecule has 88 valence electrons. The quantitative estimate of drug-likeness (QED) is 0.630. The molecule has 0 aliphatic heterocycles. The lowest BCUT2D eigenvalue weighted by Crippen LogP contribution is -1.99. The van der Waals surface area contributed by atoms with E-state index >= 15 is 0 Å². The third kappa shape index (κ3) is 4.00. The number of ether oxygens (including phenoxy) is 1. The normalized spacial score (nSPS) is 10.4. The lowest BCUT2D eigenvalue weighted by molar-refractivity contribution is 0.0696. The van der Waals surface area contributed by atoms with E-state index in [4.69, 9.17) is 21.4 Å². The van der Waals surface area contributed by atoms with Gasteiger partial charge in [-0.1, -0.05) is 11.6 Å². The molecule has 0 amide bonds. The molecule has 0 saturated heterocycles. The van der Waals surface area contributed by atoms with Crippen molar-refractivity contribution < 1.29 is 14.6 Å². The van der Waals surface area contributed by atoms with Crippen molar-refractivity contribution in [3.05, 3.63) is 22.8 Å². The van der Waals surface area contributed by atoms with Crippen LogP contribution >= 0.6 is 23.4 Å². The second-order valence-electron chi connectivity index (χ2n) is 3.00. The van der Waals surface area contributed by atoms with E-state index in [1.165, 1.54) is 24.0 Å². The predicted molar refractivity (Wildman–Crippen MR) is 63.4 cm³/mol. The van der Waals surface area contributed by atoms with Gasteiger partial charge in [-0.15, -0.1) is 11.8 Å². The lowest BCUT2D eigenvalue weighted by Gasteiger charge is -2.03. The van der Waals surface area contributed by atoms with Crippen molar-refractivity contribution in [1.29, 1.82) is 0 Å². The molecule has 0 fully saturated rings. The largest absolute Gasteiger partial charge is 0.478 e. The van der Waals surface area contributed by atoms with Crippen molar-refractivity contribution in [2.45, 2.75) is 11.4 Å². The molecule has 0 aliphatic carbocycles. The van der Waals surface area contributed by atoms with Crippen LogP contribution in [0.3, 0.4) is 0 Å². The van der Waals surface area contributed by atoms with Crippen LogP contribution in [-0.2, 0) is 4.74 Å². The van der Waals surface area contributed by atoms with E-state index < -0.39 is 5.97 Å². The van der Waals surface area contributed by atoms with Crippen molar-refractivity contribution >= 4 is 29.3 Å². The number of thioether (sulfide) groups is 1. The summed E-state index contributed by atoms with van der Waals surface area (Å²) in [6, 6.07) is 1.49. The maximum Gasteiger partial charge on any atom is 0.337 e. The van der Waals surface area contributed by atoms with Gasteiger partial charge in [0.25, 0.3) is 0 Å². The topological polar surface area (TPSA) is 59.4 Å². The number of hydrogen-bond donors (Lipinski definition) is 1. The van der Waals surface area contributed by atoms with Gasteiger partial charge in [-0.3, -0.25) is 0 Å². The average Bonchev–Trinajstić information content (AvgIpc) is 2.26. The zero-order valence-corrected chi connectivity index (χ0v) is 10.3. The van der Waals surface area contributed by atoms with Crippen LogP contribution < -0.4 is 0 Å². The molecular weight excluding hydrogens is 250 g/mol. The van der Waals surface area contributed by atoms with Gasteiger partial charge in [-0.25, -0.2) is 9.78 Å². The molecular formula is C10H12ClNO3S. The highest BCUT2D eigenvalue weighted by Gasteiger charge is 2.10. The molecule has 0 atom stereocenters. The number of carboxylic acid groups (broad SMARTS) is 1. The zero-order chi connectivity index (χ0) is 12.0. The molecule has 1 heterocycles. The smallest absolute Gasteiger partial charge is 0.337 e. The molecule has 0 aliphatic rings. The first kappa shape index (κ1) is 13.3. The number of pyridine rings is 1. The molecule has 4 nitrogen and oxygen atoms in total. The van der Waals surface area contributed by atoms with Gasteiger partial charge in [0, 0.05) is 25.7 Å². The number of aromatic carboxylic acids is 1. The minimum absolute atomic E-state index is 0.0888. The molecule has 0 saturated carbocycles. The maximum absolute atomic E-state index is 10.8. The molecule has 0 radical (unpaired) electrons. The molecule has 1 aromatic heterocycles. The van der Waals surface area contributed by atoms with Gasteiger partial charge in [0.15, 0.2) is 0 Å². The van der Waals surface area contributed by atoms with Crippen LogP contribution in [0.25, 0.3) is 0 Å². The molecule has 0 spiro atoms. The van der Waals surface area contributed by atoms with Gasteiger partial charge in [0.1, 0.15) is 0 Å². The Morgan fingerprint density at radius 3 is 3.06 bits per heavy atom. The Bertz CT molecular complexity index is 373. The second kappa shape index (κ2) is 6.73. The highest BCUT2D eigenvalue weighted by atomic mass is 35.5. The van der Waals surface area contributed by atoms with Crippen molar-refractivity contribution in [3.8, 4) is 0 Å². The number of rotatable bonds is 6. The first-order chi connectivity index (χ1) is 7.65. The van der Waals surface area contributed by atoms with Crippen LogP contribution in [0.5, 0.6) is 0 Å². The monoisotopic (exact) mass is 261 g/mol.